The average Bonchev–Trinajstić information content (AvgIpc) is 1.78. The van der Waals surface area contributed by atoms with Gasteiger partial charge in [-0.25, -0.2) is 4.57 Å². The molecule has 0 amide bonds. The van der Waals surface area contributed by atoms with Crippen molar-refractivity contribution in [3.05, 3.63) is 0 Å². The molecule has 0 rings (SSSR count). The monoisotopic (exact) mass is 220 g/mol. The van der Waals surface area contributed by atoms with E-state index in [0.29, 0.717) is 5.75 Å². The fourth-order valence-electron chi connectivity index (χ4n) is 0.536. The topological polar surface area (TPSA) is 57.5 Å². The Bertz CT molecular complexity index is 127. The van der Waals surface area contributed by atoms with Crippen molar-refractivity contribution in [3.8, 4) is 0 Å². The van der Waals surface area contributed by atoms with Gasteiger partial charge in [-0.1, -0.05) is 19.8 Å². The lowest BCUT2D eigenvalue weighted by atomic mass is 10.3. The zero-order chi connectivity index (χ0) is 8.04. The molecule has 0 spiro atoms. The predicted molar refractivity (Wildman–Crippen MR) is 51.3 cm³/mol. The molecule has 0 aliphatic rings. The molecule has 0 saturated heterocycles. The molecule has 0 aromatic carbocycles. The maximum atomic E-state index is 10.3. The molecule has 0 aromatic rings. The number of halogens is 1. The van der Waals surface area contributed by atoms with Crippen LogP contribution in [0.2, 0.25) is 0 Å². The highest BCUT2D eigenvalue weighted by Crippen LogP contribution is 2.50. The van der Waals surface area contributed by atoms with Gasteiger partial charge in [-0.05, 0) is 17.8 Å². The molecule has 6 heteroatoms. The summed E-state index contributed by atoms with van der Waals surface area (Å²) in [5.74, 6) is 0.568. The first-order chi connectivity index (χ1) is 4.56. The van der Waals surface area contributed by atoms with Gasteiger partial charge in [0, 0.05) is 5.75 Å². The molecule has 3 nitrogen and oxygen atoms in total. The summed E-state index contributed by atoms with van der Waals surface area (Å²) in [7, 11) is 0. The number of rotatable bonds is 5. The largest absolute Gasteiger partial charge is 0.383 e. The van der Waals surface area contributed by atoms with Gasteiger partial charge < -0.3 is 9.79 Å². The SMILES string of the molecule is CCCCCSP(=O)(O)O.Cl. The van der Waals surface area contributed by atoms with Gasteiger partial charge in [-0.3, -0.25) is 0 Å². The van der Waals surface area contributed by atoms with Crippen LogP contribution in [0.4, 0.5) is 0 Å². The van der Waals surface area contributed by atoms with Gasteiger partial charge in [-0.2, -0.15) is 0 Å². The van der Waals surface area contributed by atoms with Crippen LogP contribution in [0.25, 0.3) is 0 Å². The van der Waals surface area contributed by atoms with E-state index in [4.69, 9.17) is 9.79 Å². The van der Waals surface area contributed by atoms with Crippen LogP contribution in [-0.2, 0) is 4.57 Å². The fraction of sp³-hybridized carbons (Fsp3) is 1.00. The van der Waals surface area contributed by atoms with Crippen molar-refractivity contribution in [2.45, 2.75) is 26.2 Å². The van der Waals surface area contributed by atoms with Crippen molar-refractivity contribution in [2.75, 3.05) is 5.75 Å². The van der Waals surface area contributed by atoms with E-state index in [1.807, 2.05) is 0 Å². The third-order valence-electron chi connectivity index (χ3n) is 1.01. The Hall–Kier alpha value is 0.790. The van der Waals surface area contributed by atoms with Crippen molar-refractivity contribution in [1.82, 2.24) is 0 Å². The summed E-state index contributed by atoms with van der Waals surface area (Å²) in [6, 6.07) is 0. The summed E-state index contributed by atoms with van der Waals surface area (Å²) in [5, 5.41) is 0. The minimum atomic E-state index is -3.79. The Morgan fingerprint density at radius 3 is 2.27 bits per heavy atom. The highest BCUT2D eigenvalue weighted by Gasteiger charge is 2.11. The molecule has 0 aliphatic heterocycles. The minimum absolute atomic E-state index is 0. The predicted octanol–water partition coefficient (Wildman–Crippen LogP) is 2.42. The second kappa shape index (κ2) is 7.44. The molecule has 0 bridgehead atoms. The van der Waals surface area contributed by atoms with E-state index in [-0.39, 0.29) is 12.4 Å². The first-order valence-electron chi connectivity index (χ1n) is 3.26. The zero-order valence-corrected chi connectivity index (χ0v) is 8.92. The van der Waals surface area contributed by atoms with Crippen molar-refractivity contribution in [1.29, 1.82) is 0 Å². The second-order valence-electron chi connectivity index (χ2n) is 2.03. The van der Waals surface area contributed by atoms with Crippen LogP contribution >= 0.6 is 30.6 Å². The fourth-order valence-corrected chi connectivity index (χ4v) is 2.21. The molecule has 2 N–H and O–H groups in total. The highest BCUT2D eigenvalue weighted by molar-refractivity contribution is 8.54. The molecule has 0 atom stereocenters. The Morgan fingerprint density at radius 1 is 1.36 bits per heavy atom. The maximum absolute atomic E-state index is 10.3. The van der Waals surface area contributed by atoms with Gasteiger partial charge >= 0.3 is 6.80 Å². The van der Waals surface area contributed by atoms with E-state index >= 15 is 0 Å². The van der Waals surface area contributed by atoms with Crippen molar-refractivity contribution in [2.24, 2.45) is 0 Å². The third kappa shape index (κ3) is 13.7. The van der Waals surface area contributed by atoms with Crippen LogP contribution in [0.5, 0.6) is 0 Å². The standard InChI is InChI=1S/C5H13O3PS.ClH/c1-2-3-4-5-10-9(6,7)8;/h2-5H2,1H3,(H2,6,7,8);1H. The summed E-state index contributed by atoms with van der Waals surface area (Å²) >= 11 is 0.740. The first kappa shape index (κ1) is 14.3. The van der Waals surface area contributed by atoms with E-state index in [1.54, 1.807) is 0 Å². The smallest absolute Gasteiger partial charge is 0.317 e. The lowest BCUT2D eigenvalue weighted by Gasteiger charge is -2.00. The lowest BCUT2D eigenvalue weighted by molar-refractivity contribution is 0.397. The summed E-state index contributed by atoms with van der Waals surface area (Å²) in [6.45, 7) is -1.73. The van der Waals surface area contributed by atoms with Crippen LogP contribution < -0.4 is 0 Å². The Kier molecular flexibility index (Phi) is 9.69. The third-order valence-corrected chi connectivity index (χ3v) is 3.37. The Balaban J connectivity index is 0. The van der Waals surface area contributed by atoms with Gasteiger partial charge in [0.15, 0.2) is 0 Å². The van der Waals surface area contributed by atoms with Gasteiger partial charge in [0.05, 0.1) is 0 Å². The van der Waals surface area contributed by atoms with Crippen LogP contribution in [0.1, 0.15) is 26.2 Å². The van der Waals surface area contributed by atoms with Gasteiger partial charge in [0.1, 0.15) is 0 Å². The highest BCUT2D eigenvalue weighted by atomic mass is 35.5. The molecule has 0 aromatic heterocycles. The second-order valence-corrected chi connectivity index (χ2v) is 5.88. The van der Waals surface area contributed by atoms with Crippen molar-refractivity contribution in [3.63, 3.8) is 0 Å². The van der Waals surface area contributed by atoms with Crippen LogP contribution in [-0.4, -0.2) is 15.5 Å². The average molecular weight is 221 g/mol. The molecule has 0 fully saturated rings. The van der Waals surface area contributed by atoms with Crippen LogP contribution in [0.3, 0.4) is 0 Å². The van der Waals surface area contributed by atoms with Gasteiger partial charge in [0.25, 0.3) is 0 Å². The van der Waals surface area contributed by atoms with Gasteiger partial charge in [0.2, 0.25) is 0 Å². The van der Waals surface area contributed by atoms with E-state index in [0.717, 1.165) is 30.6 Å². The van der Waals surface area contributed by atoms with Crippen LogP contribution in [0.15, 0.2) is 0 Å². The molecule has 0 heterocycles. The Morgan fingerprint density at radius 2 is 1.91 bits per heavy atom. The summed E-state index contributed by atoms with van der Waals surface area (Å²) in [5.41, 5.74) is 0. The molecule has 70 valence electrons. The van der Waals surface area contributed by atoms with E-state index in [1.165, 1.54) is 0 Å². The van der Waals surface area contributed by atoms with E-state index in [9.17, 15) is 4.57 Å². The number of hydrogen-bond donors (Lipinski definition) is 2. The quantitative estimate of drug-likeness (QED) is 0.552. The lowest BCUT2D eigenvalue weighted by Crippen LogP contribution is -1.79. The number of hydrogen-bond acceptors (Lipinski definition) is 2. The van der Waals surface area contributed by atoms with Crippen molar-refractivity contribution >= 4 is 30.6 Å². The molecular formula is C5H14ClO3PS. The Labute approximate surface area is 77.3 Å². The molecule has 0 aliphatic carbocycles. The van der Waals surface area contributed by atoms with Gasteiger partial charge in [-0.15, -0.1) is 12.4 Å². The summed E-state index contributed by atoms with van der Waals surface area (Å²) in [4.78, 5) is 16.8. The zero-order valence-electron chi connectivity index (χ0n) is 6.39. The molecule has 0 saturated carbocycles. The first-order valence-corrected chi connectivity index (χ1v) is 6.46. The maximum Gasteiger partial charge on any atom is 0.383 e. The van der Waals surface area contributed by atoms with E-state index in [2.05, 4.69) is 6.92 Å². The van der Waals surface area contributed by atoms with Crippen molar-refractivity contribution < 1.29 is 14.4 Å². The molecule has 0 radical (unpaired) electrons. The summed E-state index contributed by atoms with van der Waals surface area (Å²) < 4.78 is 10.3. The normalized spacial score (nSPS) is 10.8. The molecule has 11 heavy (non-hydrogen) atoms. The molecule has 0 unspecified atom stereocenters. The molecular weight excluding hydrogens is 207 g/mol. The summed E-state index contributed by atoms with van der Waals surface area (Å²) in [6.07, 6.45) is 3.03. The minimum Gasteiger partial charge on any atom is -0.317 e. The van der Waals surface area contributed by atoms with Crippen LogP contribution in [0, 0.1) is 0 Å². The number of unbranched alkanes of at least 4 members (excludes halogenated alkanes) is 2. The van der Waals surface area contributed by atoms with E-state index < -0.39 is 6.80 Å².